The minimum absolute atomic E-state index is 0.153. The van der Waals surface area contributed by atoms with Crippen LogP contribution in [0.5, 0.6) is 0 Å². The molecule has 3 rings (SSSR count). The van der Waals surface area contributed by atoms with Gasteiger partial charge in [-0.3, -0.25) is 0 Å². The lowest BCUT2D eigenvalue weighted by Gasteiger charge is -2.00. The molecule has 0 unspecified atom stereocenters. The van der Waals surface area contributed by atoms with Crippen LogP contribution in [0.15, 0.2) is 60.7 Å². The summed E-state index contributed by atoms with van der Waals surface area (Å²) in [6.07, 6.45) is 1.11. The zero-order valence-electron chi connectivity index (χ0n) is 9.49. The molecule has 0 radical (unpaired) electrons. The summed E-state index contributed by atoms with van der Waals surface area (Å²) in [5.74, 6) is 0.895. The van der Waals surface area contributed by atoms with Crippen LogP contribution in [0.4, 0.5) is 0 Å². The second-order valence-corrected chi connectivity index (χ2v) is 4.59. The fraction of sp³-hybridized carbons (Fsp3) is 0.188. The second kappa shape index (κ2) is 4.17. The van der Waals surface area contributed by atoms with Gasteiger partial charge < -0.3 is 4.79 Å². The van der Waals surface area contributed by atoms with Crippen LogP contribution >= 0.6 is 0 Å². The lowest BCUT2D eigenvalue weighted by Crippen LogP contribution is -1.82. The average Bonchev–Trinajstić information content (AvgIpc) is 3.15. The van der Waals surface area contributed by atoms with Crippen molar-refractivity contribution in [3.05, 3.63) is 71.8 Å². The van der Waals surface area contributed by atoms with Crippen LogP contribution in [0.3, 0.4) is 0 Å². The highest BCUT2D eigenvalue weighted by atomic mass is 16.1. The summed E-state index contributed by atoms with van der Waals surface area (Å²) in [5.41, 5.74) is 2.55. The van der Waals surface area contributed by atoms with Crippen LogP contribution in [0.2, 0.25) is 0 Å². The first-order valence-electron chi connectivity index (χ1n) is 5.97. The number of carbonyl (C=O) groups is 1. The van der Waals surface area contributed by atoms with E-state index in [0.717, 1.165) is 6.29 Å². The van der Waals surface area contributed by atoms with E-state index < -0.39 is 0 Å². The summed E-state index contributed by atoms with van der Waals surface area (Å²) in [5, 5.41) is 0. The van der Waals surface area contributed by atoms with Crippen LogP contribution in [0.25, 0.3) is 0 Å². The molecule has 1 heteroatoms. The topological polar surface area (TPSA) is 17.1 Å². The monoisotopic (exact) mass is 222 g/mol. The number of hydrogen-bond donors (Lipinski definition) is 0. The molecule has 2 aromatic carbocycles. The minimum atomic E-state index is 0.153. The molecule has 1 fully saturated rings. The van der Waals surface area contributed by atoms with E-state index in [-0.39, 0.29) is 5.92 Å². The highest BCUT2D eigenvalue weighted by Crippen LogP contribution is 2.59. The molecule has 0 N–H and O–H groups in total. The third kappa shape index (κ3) is 1.78. The normalized spacial score (nSPS) is 26.5. The van der Waals surface area contributed by atoms with Gasteiger partial charge in [-0.2, -0.15) is 0 Å². The molecule has 0 heterocycles. The van der Waals surface area contributed by atoms with Gasteiger partial charge in [0.05, 0.1) is 0 Å². The lowest BCUT2D eigenvalue weighted by molar-refractivity contribution is -0.109. The predicted molar refractivity (Wildman–Crippen MR) is 67.9 cm³/mol. The van der Waals surface area contributed by atoms with Gasteiger partial charge in [0.1, 0.15) is 6.29 Å². The van der Waals surface area contributed by atoms with Gasteiger partial charge in [-0.05, 0) is 11.1 Å². The largest absolute Gasteiger partial charge is 0.303 e. The van der Waals surface area contributed by atoms with Crippen molar-refractivity contribution in [2.24, 2.45) is 5.92 Å². The minimum Gasteiger partial charge on any atom is -0.303 e. The Hall–Kier alpha value is -1.89. The van der Waals surface area contributed by atoms with Crippen LogP contribution in [0.1, 0.15) is 23.0 Å². The second-order valence-electron chi connectivity index (χ2n) is 4.59. The molecular formula is C16H14O. The van der Waals surface area contributed by atoms with Crippen molar-refractivity contribution < 1.29 is 4.79 Å². The number of rotatable bonds is 3. The summed E-state index contributed by atoms with van der Waals surface area (Å²) < 4.78 is 0. The molecule has 1 aliphatic carbocycles. The quantitative estimate of drug-likeness (QED) is 0.727. The summed E-state index contributed by atoms with van der Waals surface area (Å²) in [4.78, 5) is 11.1. The maximum absolute atomic E-state index is 11.1. The van der Waals surface area contributed by atoms with Gasteiger partial charge in [0.2, 0.25) is 0 Å². The van der Waals surface area contributed by atoms with E-state index in [9.17, 15) is 4.79 Å². The number of aldehydes is 1. The highest BCUT2D eigenvalue weighted by Gasteiger charge is 2.51. The summed E-state index contributed by atoms with van der Waals surface area (Å²) >= 11 is 0. The van der Waals surface area contributed by atoms with E-state index in [1.54, 1.807) is 0 Å². The molecule has 0 aliphatic heterocycles. The molecular weight excluding hydrogens is 208 g/mol. The lowest BCUT2D eigenvalue weighted by atomic mass is 10.0. The van der Waals surface area contributed by atoms with Crippen LogP contribution in [-0.2, 0) is 4.79 Å². The van der Waals surface area contributed by atoms with E-state index in [2.05, 4.69) is 24.3 Å². The molecule has 1 saturated carbocycles. The smallest absolute Gasteiger partial charge is 0.124 e. The van der Waals surface area contributed by atoms with Crippen molar-refractivity contribution in [2.75, 3.05) is 0 Å². The zero-order chi connectivity index (χ0) is 11.7. The maximum Gasteiger partial charge on any atom is 0.124 e. The van der Waals surface area contributed by atoms with Gasteiger partial charge in [-0.25, -0.2) is 0 Å². The summed E-state index contributed by atoms with van der Waals surface area (Å²) in [7, 11) is 0. The van der Waals surface area contributed by atoms with Gasteiger partial charge in [0.25, 0.3) is 0 Å². The standard InChI is InChI=1S/C16H14O/c17-11-14-15(12-7-3-1-4-8-12)16(14)13-9-5-2-6-10-13/h1-11,14-16H/t15-,16-/m0/s1. The average molecular weight is 222 g/mol. The van der Waals surface area contributed by atoms with Crippen LogP contribution in [-0.4, -0.2) is 6.29 Å². The number of benzene rings is 2. The summed E-state index contributed by atoms with van der Waals surface area (Å²) in [6, 6.07) is 20.6. The first-order chi connectivity index (χ1) is 8.42. The Kier molecular flexibility index (Phi) is 2.52. The predicted octanol–water partition coefficient (Wildman–Crippen LogP) is 3.38. The highest BCUT2D eigenvalue weighted by molar-refractivity contribution is 5.66. The van der Waals surface area contributed by atoms with E-state index in [1.807, 2.05) is 36.4 Å². The molecule has 1 aliphatic rings. The van der Waals surface area contributed by atoms with E-state index >= 15 is 0 Å². The Morgan fingerprint density at radius 1 is 0.706 bits per heavy atom. The van der Waals surface area contributed by atoms with Crippen LogP contribution < -0.4 is 0 Å². The molecule has 2 aromatic rings. The third-order valence-electron chi connectivity index (χ3n) is 3.60. The molecule has 0 aromatic heterocycles. The molecule has 0 amide bonds. The van der Waals surface area contributed by atoms with E-state index in [1.165, 1.54) is 11.1 Å². The van der Waals surface area contributed by atoms with Gasteiger partial charge >= 0.3 is 0 Å². The zero-order valence-corrected chi connectivity index (χ0v) is 9.49. The fourth-order valence-electron chi connectivity index (χ4n) is 2.71. The van der Waals surface area contributed by atoms with Crippen molar-refractivity contribution in [3.8, 4) is 0 Å². The SMILES string of the molecule is O=CC1[C@H](c2ccccc2)[C@H]1c1ccccc1. The number of hydrogen-bond acceptors (Lipinski definition) is 1. The van der Waals surface area contributed by atoms with Gasteiger partial charge in [-0.1, -0.05) is 60.7 Å². The van der Waals surface area contributed by atoms with Crippen molar-refractivity contribution in [3.63, 3.8) is 0 Å². The first-order valence-corrected chi connectivity index (χ1v) is 5.97. The van der Waals surface area contributed by atoms with Gasteiger partial charge in [0, 0.05) is 17.8 Å². The molecule has 0 spiro atoms. The third-order valence-corrected chi connectivity index (χ3v) is 3.60. The van der Waals surface area contributed by atoms with Crippen molar-refractivity contribution >= 4 is 6.29 Å². The first kappa shape index (κ1) is 10.3. The Morgan fingerprint density at radius 3 is 1.47 bits per heavy atom. The molecule has 1 nitrogen and oxygen atoms in total. The maximum atomic E-state index is 11.1. The Bertz CT molecular complexity index is 458. The Labute approximate surface area is 101 Å². The van der Waals surface area contributed by atoms with Crippen molar-refractivity contribution in [1.82, 2.24) is 0 Å². The molecule has 0 saturated heterocycles. The molecule has 2 atom stereocenters. The Balaban J connectivity index is 1.91. The molecule has 84 valence electrons. The fourth-order valence-corrected chi connectivity index (χ4v) is 2.71. The van der Waals surface area contributed by atoms with Crippen molar-refractivity contribution in [2.45, 2.75) is 11.8 Å². The Morgan fingerprint density at radius 2 is 1.12 bits per heavy atom. The number of carbonyl (C=O) groups excluding carboxylic acids is 1. The van der Waals surface area contributed by atoms with Crippen molar-refractivity contribution in [1.29, 1.82) is 0 Å². The molecule has 17 heavy (non-hydrogen) atoms. The van der Waals surface area contributed by atoms with Gasteiger partial charge in [0.15, 0.2) is 0 Å². The van der Waals surface area contributed by atoms with Gasteiger partial charge in [-0.15, -0.1) is 0 Å². The van der Waals surface area contributed by atoms with E-state index in [4.69, 9.17) is 0 Å². The van der Waals surface area contributed by atoms with E-state index in [0.29, 0.717) is 11.8 Å². The molecule has 0 bridgehead atoms. The van der Waals surface area contributed by atoms with Crippen LogP contribution in [0, 0.1) is 5.92 Å². The summed E-state index contributed by atoms with van der Waals surface area (Å²) in [6.45, 7) is 0.